The van der Waals surface area contributed by atoms with E-state index in [9.17, 15) is 0 Å². The Morgan fingerprint density at radius 2 is 2.16 bits per heavy atom. The van der Waals surface area contributed by atoms with Crippen molar-refractivity contribution >= 4 is 31.9 Å². The minimum Gasteiger partial charge on any atom is -0.371 e. The number of ether oxygens (including phenoxy) is 2. The molecule has 0 radical (unpaired) electrons. The molecule has 2 bridgehead atoms. The van der Waals surface area contributed by atoms with Gasteiger partial charge in [0.15, 0.2) is 0 Å². The highest BCUT2D eigenvalue weighted by atomic mass is 79.9. The molecule has 2 nitrogen and oxygen atoms in total. The van der Waals surface area contributed by atoms with Gasteiger partial charge in [0, 0.05) is 16.1 Å². The first-order valence-electron chi connectivity index (χ1n) is 6.85. The van der Waals surface area contributed by atoms with Crippen LogP contribution in [0.2, 0.25) is 0 Å². The lowest BCUT2D eigenvalue weighted by Crippen LogP contribution is -2.36. The number of hydrogen-bond donors (Lipinski definition) is 0. The fraction of sp³-hybridized carbons (Fsp3) is 0.733. The molecule has 2 aliphatic rings. The van der Waals surface area contributed by atoms with Crippen LogP contribution < -0.4 is 0 Å². The van der Waals surface area contributed by atoms with E-state index in [0.29, 0.717) is 9.65 Å². The van der Waals surface area contributed by atoms with E-state index in [1.807, 2.05) is 6.08 Å². The number of rotatable bonds is 4. The molecule has 2 heterocycles. The van der Waals surface area contributed by atoms with Gasteiger partial charge in [0.2, 0.25) is 0 Å². The third-order valence-corrected chi connectivity index (χ3v) is 6.02. The van der Waals surface area contributed by atoms with Crippen LogP contribution in [-0.2, 0) is 9.47 Å². The molecule has 2 aliphatic heterocycles. The van der Waals surface area contributed by atoms with Crippen LogP contribution in [0.4, 0.5) is 0 Å². The van der Waals surface area contributed by atoms with Crippen LogP contribution in [0.1, 0.15) is 32.6 Å². The molecule has 2 saturated heterocycles. The SMILES string of the molecule is C#C/C=C\C[C@H]1O[C@@H]2C[C@H]1O[C@@H](C(Br)CC)C[C@H]2Br. The van der Waals surface area contributed by atoms with E-state index in [2.05, 4.69) is 44.7 Å². The lowest BCUT2D eigenvalue weighted by Gasteiger charge is -2.30. The second-order valence-corrected chi connectivity index (χ2v) is 7.49. The van der Waals surface area contributed by atoms with Gasteiger partial charge in [-0.3, -0.25) is 0 Å². The average Bonchev–Trinajstić information content (AvgIpc) is 2.72. The van der Waals surface area contributed by atoms with Crippen molar-refractivity contribution in [3.8, 4) is 12.3 Å². The fourth-order valence-electron chi connectivity index (χ4n) is 2.75. The van der Waals surface area contributed by atoms with Crippen LogP contribution in [0.5, 0.6) is 0 Å². The zero-order valence-corrected chi connectivity index (χ0v) is 14.3. The molecule has 0 amide bonds. The van der Waals surface area contributed by atoms with E-state index in [-0.39, 0.29) is 24.4 Å². The van der Waals surface area contributed by atoms with Crippen molar-refractivity contribution < 1.29 is 9.47 Å². The van der Waals surface area contributed by atoms with Crippen molar-refractivity contribution in [1.82, 2.24) is 0 Å². The van der Waals surface area contributed by atoms with Gasteiger partial charge in [0.25, 0.3) is 0 Å². The molecule has 0 N–H and O–H groups in total. The number of alkyl halides is 2. The highest BCUT2D eigenvalue weighted by Crippen LogP contribution is 2.38. The summed E-state index contributed by atoms with van der Waals surface area (Å²) in [6.45, 7) is 2.18. The van der Waals surface area contributed by atoms with Gasteiger partial charge in [0.05, 0.1) is 24.4 Å². The predicted molar refractivity (Wildman–Crippen MR) is 84.9 cm³/mol. The molecule has 0 aromatic heterocycles. The quantitative estimate of drug-likeness (QED) is 0.535. The first-order valence-corrected chi connectivity index (χ1v) is 8.69. The zero-order valence-electron chi connectivity index (χ0n) is 11.1. The normalized spacial score (nSPS) is 40.0. The maximum atomic E-state index is 6.28. The van der Waals surface area contributed by atoms with Crippen LogP contribution in [0.15, 0.2) is 12.2 Å². The van der Waals surface area contributed by atoms with Gasteiger partial charge in [-0.05, 0) is 25.3 Å². The number of hydrogen-bond acceptors (Lipinski definition) is 2. The molecule has 0 saturated carbocycles. The maximum absolute atomic E-state index is 6.28. The van der Waals surface area contributed by atoms with Crippen molar-refractivity contribution in [1.29, 1.82) is 0 Å². The van der Waals surface area contributed by atoms with Gasteiger partial charge in [-0.15, -0.1) is 6.42 Å². The first-order chi connectivity index (χ1) is 9.15. The van der Waals surface area contributed by atoms with Crippen molar-refractivity contribution in [2.24, 2.45) is 0 Å². The Hall–Kier alpha value is 0.180. The van der Waals surface area contributed by atoms with Gasteiger partial charge < -0.3 is 9.47 Å². The largest absolute Gasteiger partial charge is 0.371 e. The smallest absolute Gasteiger partial charge is 0.0876 e. The summed E-state index contributed by atoms with van der Waals surface area (Å²) < 4.78 is 12.4. The Morgan fingerprint density at radius 1 is 1.37 bits per heavy atom. The highest BCUT2D eigenvalue weighted by molar-refractivity contribution is 9.09. The standard InChI is InChI=1S/C15H20Br2O2/c1-3-5-6-7-12-15-9-14(18-12)11(17)8-13(19-15)10(16)4-2/h1,5-6,10-15H,4,7-9H2,2H3/b6-5-/t10?,11-,12-,13-,14-,15-/m1/s1. The molecule has 2 rings (SSSR count). The minimum atomic E-state index is 0.133. The van der Waals surface area contributed by atoms with E-state index < -0.39 is 0 Å². The van der Waals surface area contributed by atoms with E-state index in [4.69, 9.17) is 15.9 Å². The zero-order chi connectivity index (χ0) is 13.8. The van der Waals surface area contributed by atoms with Gasteiger partial charge in [-0.25, -0.2) is 0 Å². The second-order valence-electron chi connectivity index (χ2n) is 5.14. The molecule has 0 aromatic carbocycles. The third-order valence-electron chi connectivity index (χ3n) is 3.82. The summed E-state index contributed by atoms with van der Waals surface area (Å²) in [5, 5.41) is 0. The van der Waals surface area contributed by atoms with Gasteiger partial charge in [-0.1, -0.05) is 50.8 Å². The molecule has 0 spiro atoms. The average molecular weight is 392 g/mol. The third kappa shape index (κ3) is 3.85. The molecule has 2 fully saturated rings. The van der Waals surface area contributed by atoms with Crippen LogP contribution in [-0.4, -0.2) is 34.1 Å². The minimum absolute atomic E-state index is 0.133. The molecule has 1 unspecified atom stereocenters. The summed E-state index contributed by atoms with van der Waals surface area (Å²) in [4.78, 5) is 0.782. The summed E-state index contributed by atoms with van der Waals surface area (Å²) >= 11 is 7.49. The highest BCUT2D eigenvalue weighted by Gasteiger charge is 2.44. The van der Waals surface area contributed by atoms with Crippen molar-refractivity contribution in [2.75, 3.05) is 0 Å². The van der Waals surface area contributed by atoms with Crippen LogP contribution >= 0.6 is 31.9 Å². The summed E-state index contributed by atoms with van der Waals surface area (Å²) in [6.07, 6.45) is 13.7. The number of halogens is 2. The summed E-state index contributed by atoms with van der Waals surface area (Å²) in [6, 6.07) is 0. The Labute approximate surface area is 132 Å². The molecule has 4 heteroatoms. The second kappa shape index (κ2) is 7.26. The first kappa shape index (κ1) is 15.6. The molecule has 6 atom stereocenters. The lowest BCUT2D eigenvalue weighted by atomic mass is 10.1. The Kier molecular flexibility index (Phi) is 5.95. The van der Waals surface area contributed by atoms with Crippen LogP contribution in [0.25, 0.3) is 0 Å². The van der Waals surface area contributed by atoms with Gasteiger partial charge in [-0.2, -0.15) is 0 Å². The molecular formula is C15H20Br2O2. The van der Waals surface area contributed by atoms with Gasteiger partial charge in [0.1, 0.15) is 0 Å². The lowest BCUT2D eigenvalue weighted by molar-refractivity contribution is -0.0732. The van der Waals surface area contributed by atoms with E-state index >= 15 is 0 Å². The molecule has 0 aliphatic carbocycles. The summed E-state index contributed by atoms with van der Waals surface area (Å²) in [5.74, 6) is 2.51. The number of allylic oxidation sites excluding steroid dienone is 1. The van der Waals surface area contributed by atoms with Crippen molar-refractivity contribution in [2.45, 2.75) is 66.7 Å². The number of fused-ring (bicyclic) bond motifs is 2. The number of terminal acetylenes is 1. The van der Waals surface area contributed by atoms with Gasteiger partial charge >= 0.3 is 0 Å². The topological polar surface area (TPSA) is 18.5 Å². The van der Waals surface area contributed by atoms with Crippen molar-refractivity contribution in [3.63, 3.8) is 0 Å². The summed E-state index contributed by atoms with van der Waals surface area (Å²) in [7, 11) is 0. The fourth-order valence-corrected chi connectivity index (χ4v) is 3.80. The van der Waals surface area contributed by atoms with E-state index in [1.165, 1.54) is 0 Å². The monoisotopic (exact) mass is 390 g/mol. The molecule has 106 valence electrons. The van der Waals surface area contributed by atoms with Crippen LogP contribution in [0, 0.1) is 12.3 Å². The maximum Gasteiger partial charge on any atom is 0.0876 e. The Morgan fingerprint density at radius 3 is 2.84 bits per heavy atom. The molecule has 19 heavy (non-hydrogen) atoms. The predicted octanol–water partition coefficient (Wildman–Crippen LogP) is 3.82. The Bertz CT molecular complexity index is 364. The van der Waals surface area contributed by atoms with Crippen molar-refractivity contribution in [3.05, 3.63) is 12.2 Å². The molecular weight excluding hydrogens is 372 g/mol. The Balaban J connectivity index is 2.02. The summed E-state index contributed by atoms with van der Waals surface area (Å²) in [5.41, 5.74) is 0. The van der Waals surface area contributed by atoms with E-state index in [1.54, 1.807) is 6.08 Å². The van der Waals surface area contributed by atoms with Crippen LogP contribution in [0.3, 0.4) is 0 Å². The molecule has 0 aromatic rings. The van der Waals surface area contributed by atoms with E-state index in [0.717, 1.165) is 25.7 Å².